The van der Waals surface area contributed by atoms with Crippen LogP contribution in [0.5, 0.6) is 0 Å². The summed E-state index contributed by atoms with van der Waals surface area (Å²) in [6, 6.07) is 1.94. The minimum Gasteiger partial charge on any atom is -0.375 e. The molecule has 1 saturated heterocycles. The zero-order valence-electron chi connectivity index (χ0n) is 11.3. The highest BCUT2D eigenvalue weighted by atomic mass is 79.9. The Morgan fingerprint density at radius 1 is 1.30 bits per heavy atom. The number of thiophene rings is 1. The molecule has 20 heavy (non-hydrogen) atoms. The largest absolute Gasteiger partial charge is 0.375 e. The molecular formula is C15H18Br2O2S. The lowest BCUT2D eigenvalue weighted by Crippen LogP contribution is -2.43. The fourth-order valence-corrected chi connectivity index (χ4v) is 5.52. The van der Waals surface area contributed by atoms with Gasteiger partial charge in [0.2, 0.25) is 0 Å². The van der Waals surface area contributed by atoms with Crippen LogP contribution in [0, 0.1) is 5.92 Å². The first kappa shape index (κ1) is 15.2. The molecule has 0 radical (unpaired) electrons. The zero-order chi connectivity index (χ0) is 14.2. The molecule has 1 spiro atoms. The molecule has 1 aliphatic carbocycles. The molecule has 1 atom stereocenters. The normalized spacial score (nSPS) is 25.8. The molecule has 2 heterocycles. The fraction of sp³-hybridized carbons (Fsp3) is 0.667. The zero-order valence-corrected chi connectivity index (χ0v) is 15.3. The van der Waals surface area contributed by atoms with Crippen LogP contribution in [-0.2, 0) is 4.74 Å². The van der Waals surface area contributed by atoms with Crippen LogP contribution in [0.3, 0.4) is 0 Å². The highest BCUT2D eigenvalue weighted by Crippen LogP contribution is 2.42. The molecule has 2 fully saturated rings. The first-order chi connectivity index (χ1) is 9.60. The molecule has 0 N–H and O–H groups in total. The highest BCUT2D eigenvalue weighted by molar-refractivity contribution is 9.13. The third kappa shape index (κ3) is 3.06. The molecular weight excluding hydrogens is 404 g/mol. The molecule has 110 valence electrons. The van der Waals surface area contributed by atoms with Gasteiger partial charge >= 0.3 is 0 Å². The van der Waals surface area contributed by atoms with Crippen LogP contribution >= 0.6 is 43.2 Å². The maximum Gasteiger partial charge on any atom is 0.176 e. The van der Waals surface area contributed by atoms with Crippen LogP contribution < -0.4 is 0 Å². The number of ether oxygens (including phenoxy) is 1. The Labute approximate surface area is 140 Å². The van der Waals surface area contributed by atoms with E-state index in [4.69, 9.17) is 4.74 Å². The van der Waals surface area contributed by atoms with Gasteiger partial charge in [-0.15, -0.1) is 11.3 Å². The van der Waals surface area contributed by atoms with Crippen molar-refractivity contribution in [1.82, 2.24) is 0 Å². The Morgan fingerprint density at radius 2 is 2.05 bits per heavy atom. The van der Waals surface area contributed by atoms with E-state index in [1.807, 2.05) is 6.07 Å². The minimum absolute atomic E-state index is 0.00253. The average Bonchev–Trinajstić information content (AvgIpc) is 2.79. The molecule has 1 saturated carbocycles. The van der Waals surface area contributed by atoms with Gasteiger partial charge in [-0.05, 0) is 63.6 Å². The lowest BCUT2D eigenvalue weighted by molar-refractivity contribution is -0.111. The van der Waals surface area contributed by atoms with Crippen LogP contribution in [-0.4, -0.2) is 18.0 Å². The lowest BCUT2D eigenvalue weighted by Gasteiger charge is -2.43. The molecule has 1 aliphatic heterocycles. The van der Waals surface area contributed by atoms with Crippen LogP contribution in [0.25, 0.3) is 0 Å². The summed E-state index contributed by atoms with van der Waals surface area (Å²) in [7, 11) is 0. The molecule has 2 aliphatic rings. The molecule has 3 rings (SSSR count). The summed E-state index contributed by atoms with van der Waals surface area (Å²) >= 11 is 8.47. The summed E-state index contributed by atoms with van der Waals surface area (Å²) in [5.74, 6) is 0.439. The molecule has 0 bridgehead atoms. The number of ketones is 1. The van der Waals surface area contributed by atoms with Gasteiger partial charge in [-0.2, -0.15) is 0 Å². The van der Waals surface area contributed by atoms with Crippen LogP contribution in [0.4, 0.5) is 0 Å². The second-order valence-electron chi connectivity index (χ2n) is 5.88. The van der Waals surface area contributed by atoms with Crippen LogP contribution in [0.1, 0.15) is 54.6 Å². The van der Waals surface area contributed by atoms with Gasteiger partial charge in [-0.3, -0.25) is 4.79 Å². The van der Waals surface area contributed by atoms with Crippen molar-refractivity contribution in [3.05, 3.63) is 19.2 Å². The predicted molar refractivity (Wildman–Crippen MR) is 88.5 cm³/mol. The monoisotopic (exact) mass is 420 g/mol. The molecule has 1 unspecified atom stereocenters. The van der Waals surface area contributed by atoms with E-state index in [2.05, 4.69) is 31.9 Å². The van der Waals surface area contributed by atoms with Crippen molar-refractivity contribution in [2.45, 2.75) is 50.5 Å². The summed E-state index contributed by atoms with van der Waals surface area (Å²) < 4.78 is 8.06. The van der Waals surface area contributed by atoms with Crippen LogP contribution in [0.2, 0.25) is 0 Å². The fourth-order valence-electron chi connectivity index (χ4n) is 3.47. The maximum absolute atomic E-state index is 12.7. The van der Waals surface area contributed by atoms with Crippen molar-refractivity contribution in [1.29, 1.82) is 0 Å². The highest BCUT2D eigenvalue weighted by Gasteiger charge is 2.41. The van der Waals surface area contributed by atoms with Crippen molar-refractivity contribution >= 4 is 49.0 Å². The van der Waals surface area contributed by atoms with Crippen molar-refractivity contribution < 1.29 is 9.53 Å². The summed E-state index contributed by atoms with van der Waals surface area (Å²) in [5, 5.41) is 0. The first-order valence-corrected chi connectivity index (χ1v) is 9.63. The lowest BCUT2D eigenvalue weighted by atomic mass is 9.75. The second kappa shape index (κ2) is 6.19. The van der Waals surface area contributed by atoms with Gasteiger partial charge in [0.05, 0.1) is 14.3 Å². The van der Waals surface area contributed by atoms with E-state index in [1.54, 1.807) is 0 Å². The minimum atomic E-state index is 0.00253. The number of hydrogen-bond donors (Lipinski definition) is 0. The molecule has 1 aromatic rings. The molecule has 0 aromatic carbocycles. The number of hydrogen-bond acceptors (Lipinski definition) is 3. The number of rotatable bonds is 2. The smallest absolute Gasteiger partial charge is 0.176 e. The van der Waals surface area contributed by atoms with Crippen molar-refractivity contribution in [2.24, 2.45) is 5.92 Å². The standard InChI is InChI=1S/C15H18Br2O2S/c16-11-8-12(20-14(11)17)13(18)10-4-7-19-15(9-10)5-2-1-3-6-15/h8,10H,1-7,9H2. The van der Waals surface area contributed by atoms with E-state index in [0.29, 0.717) is 5.78 Å². The van der Waals surface area contributed by atoms with Gasteiger partial charge in [-0.1, -0.05) is 19.3 Å². The number of carbonyl (C=O) groups excluding carboxylic acids is 1. The SMILES string of the molecule is O=C(c1cc(Br)c(Br)s1)C1CCOC2(CCCCC2)C1. The van der Waals surface area contributed by atoms with Gasteiger partial charge < -0.3 is 4.74 Å². The Bertz CT molecular complexity index is 481. The van der Waals surface area contributed by atoms with E-state index >= 15 is 0 Å². The maximum atomic E-state index is 12.7. The predicted octanol–water partition coefficient (Wildman–Crippen LogP) is 5.59. The summed E-state index contributed by atoms with van der Waals surface area (Å²) in [4.78, 5) is 13.6. The third-order valence-electron chi connectivity index (χ3n) is 4.52. The number of halogens is 2. The topological polar surface area (TPSA) is 26.3 Å². The quantitative estimate of drug-likeness (QED) is 0.582. The van der Waals surface area contributed by atoms with E-state index in [1.165, 1.54) is 30.6 Å². The summed E-state index contributed by atoms with van der Waals surface area (Å²) in [5.41, 5.74) is 0.00253. The van der Waals surface area contributed by atoms with Crippen molar-refractivity contribution in [3.8, 4) is 0 Å². The third-order valence-corrected chi connectivity index (χ3v) is 7.79. The van der Waals surface area contributed by atoms with Gasteiger partial charge in [0.1, 0.15) is 0 Å². The molecule has 5 heteroatoms. The second-order valence-corrected chi connectivity index (χ2v) is 9.10. The van der Waals surface area contributed by atoms with E-state index in [9.17, 15) is 4.79 Å². The number of Topliss-reactive ketones (excluding diaryl/α,β-unsaturated/α-hetero) is 1. The van der Waals surface area contributed by atoms with E-state index < -0.39 is 0 Å². The molecule has 1 aromatic heterocycles. The van der Waals surface area contributed by atoms with Gasteiger partial charge in [0, 0.05) is 17.0 Å². The Morgan fingerprint density at radius 3 is 2.70 bits per heavy atom. The van der Waals surface area contributed by atoms with Crippen LogP contribution in [0.15, 0.2) is 14.3 Å². The Balaban J connectivity index is 1.74. The molecule has 0 amide bonds. The van der Waals surface area contributed by atoms with Gasteiger partial charge in [0.15, 0.2) is 5.78 Å². The van der Waals surface area contributed by atoms with Crippen molar-refractivity contribution in [3.63, 3.8) is 0 Å². The van der Waals surface area contributed by atoms with Crippen molar-refractivity contribution in [2.75, 3.05) is 6.61 Å². The van der Waals surface area contributed by atoms with E-state index in [-0.39, 0.29) is 11.5 Å². The van der Waals surface area contributed by atoms with Gasteiger partial charge in [-0.25, -0.2) is 0 Å². The first-order valence-electron chi connectivity index (χ1n) is 7.23. The van der Waals surface area contributed by atoms with E-state index in [0.717, 1.165) is 45.4 Å². The summed E-state index contributed by atoms with van der Waals surface area (Å²) in [6.07, 6.45) is 7.86. The van der Waals surface area contributed by atoms with Gasteiger partial charge in [0.25, 0.3) is 0 Å². The molecule has 2 nitrogen and oxygen atoms in total. The Kier molecular flexibility index (Phi) is 4.70. The number of carbonyl (C=O) groups is 1. The Hall–Kier alpha value is 0.290. The average molecular weight is 422 g/mol. The summed E-state index contributed by atoms with van der Waals surface area (Å²) in [6.45, 7) is 0.740.